The maximum atomic E-state index is 13.5. The zero-order valence-corrected chi connectivity index (χ0v) is 18.5. The Morgan fingerprint density at radius 3 is 2.55 bits per heavy atom. The van der Waals surface area contributed by atoms with E-state index in [9.17, 15) is 9.59 Å². The molecule has 0 spiro atoms. The quantitative estimate of drug-likeness (QED) is 0.656. The zero-order chi connectivity index (χ0) is 21.5. The van der Waals surface area contributed by atoms with Crippen molar-refractivity contribution < 1.29 is 14.7 Å². The Balaban J connectivity index is 1.45. The first-order chi connectivity index (χ1) is 15.0. The minimum absolute atomic E-state index is 0.114. The van der Waals surface area contributed by atoms with E-state index in [-0.39, 0.29) is 22.8 Å². The lowest BCUT2D eigenvalue weighted by Crippen LogP contribution is -2.44. The summed E-state index contributed by atoms with van der Waals surface area (Å²) in [5.74, 6) is 0.413. The van der Waals surface area contributed by atoms with Gasteiger partial charge in [-0.15, -0.1) is 0 Å². The number of aliphatic imine (C=N–C) groups is 1. The van der Waals surface area contributed by atoms with Crippen molar-refractivity contribution in [2.75, 3.05) is 0 Å². The van der Waals surface area contributed by atoms with Crippen molar-refractivity contribution in [3.63, 3.8) is 0 Å². The smallest absolute Gasteiger partial charge is 0.335 e. The maximum absolute atomic E-state index is 13.5. The van der Waals surface area contributed by atoms with E-state index in [4.69, 9.17) is 21.7 Å². The van der Waals surface area contributed by atoms with Crippen molar-refractivity contribution in [1.82, 2.24) is 4.90 Å². The van der Waals surface area contributed by atoms with Crippen LogP contribution in [0.3, 0.4) is 0 Å². The number of fused-ring (bicyclic) bond motifs is 2. The molecule has 0 aromatic heterocycles. The minimum atomic E-state index is -0.965. The second-order valence-corrected chi connectivity index (χ2v) is 10.2. The molecule has 0 unspecified atom stereocenters. The molecule has 2 aliphatic carbocycles. The molecule has 3 aliphatic rings. The minimum Gasteiger partial charge on any atom is -0.478 e. The van der Waals surface area contributed by atoms with E-state index in [1.54, 1.807) is 24.3 Å². The molecule has 1 aliphatic heterocycles. The molecule has 2 bridgehead atoms. The SMILES string of the molecule is O=C(O)c1ccc(N=C2S[C@@H](Cc3ccccc3Cl)C(=O)N2[C@H]2C[C@@H]3CC[C@@H]2C3)cc1. The molecular weight excluding hydrogens is 432 g/mol. The summed E-state index contributed by atoms with van der Waals surface area (Å²) in [6.07, 6.45) is 5.27. The fourth-order valence-corrected chi connectivity index (χ4v) is 6.62. The number of thioether (sulfide) groups is 1. The van der Waals surface area contributed by atoms with Crippen LogP contribution in [-0.2, 0) is 11.2 Å². The van der Waals surface area contributed by atoms with Gasteiger partial charge in [0.2, 0.25) is 5.91 Å². The maximum Gasteiger partial charge on any atom is 0.335 e. The normalized spacial score (nSPS) is 28.6. The first-order valence-electron chi connectivity index (χ1n) is 10.6. The fourth-order valence-electron chi connectivity index (χ4n) is 5.18. The van der Waals surface area contributed by atoms with Gasteiger partial charge in [-0.25, -0.2) is 9.79 Å². The van der Waals surface area contributed by atoms with E-state index in [0.717, 1.165) is 17.2 Å². The van der Waals surface area contributed by atoms with Gasteiger partial charge in [-0.2, -0.15) is 0 Å². The Labute approximate surface area is 190 Å². The number of carboxylic acids is 1. The van der Waals surface area contributed by atoms with Crippen molar-refractivity contribution in [2.45, 2.75) is 43.4 Å². The topological polar surface area (TPSA) is 70.0 Å². The van der Waals surface area contributed by atoms with Gasteiger partial charge in [-0.3, -0.25) is 9.69 Å². The summed E-state index contributed by atoms with van der Waals surface area (Å²) in [7, 11) is 0. The van der Waals surface area contributed by atoms with Crippen LogP contribution in [0.2, 0.25) is 5.02 Å². The van der Waals surface area contributed by atoms with Crippen LogP contribution in [0, 0.1) is 11.8 Å². The summed E-state index contributed by atoms with van der Waals surface area (Å²) in [5, 5.41) is 10.3. The Morgan fingerprint density at radius 2 is 1.90 bits per heavy atom. The highest BCUT2D eigenvalue weighted by Crippen LogP contribution is 2.49. The van der Waals surface area contributed by atoms with Gasteiger partial charge in [0.25, 0.3) is 0 Å². The molecule has 1 saturated heterocycles. The summed E-state index contributed by atoms with van der Waals surface area (Å²) in [4.78, 5) is 31.4. The highest BCUT2D eigenvalue weighted by atomic mass is 35.5. The monoisotopic (exact) mass is 454 g/mol. The number of halogens is 1. The van der Waals surface area contributed by atoms with Gasteiger partial charge in [0, 0.05) is 11.1 Å². The molecule has 0 radical (unpaired) electrons. The number of hydrogen-bond acceptors (Lipinski definition) is 4. The van der Waals surface area contributed by atoms with Crippen LogP contribution in [0.1, 0.15) is 41.6 Å². The van der Waals surface area contributed by atoms with Crippen molar-refractivity contribution in [2.24, 2.45) is 16.8 Å². The average Bonchev–Trinajstić information content (AvgIpc) is 3.45. The van der Waals surface area contributed by atoms with Crippen LogP contribution in [0.4, 0.5) is 5.69 Å². The molecule has 4 atom stereocenters. The number of aromatic carboxylic acids is 1. The van der Waals surface area contributed by atoms with E-state index in [1.165, 1.54) is 31.0 Å². The van der Waals surface area contributed by atoms with Crippen LogP contribution < -0.4 is 0 Å². The molecule has 3 fully saturated rings. The molecular formula is C24H23ClN2O3S. The third-order valence-electron chi connectivity index (χ3n) is 6.70. The van der Waals surface area contributed by atoms with Gasteiger partial charge in [0.1, 0.15) is 0 Å². The molecule has 1 heterocycles. The number of hydrogen-bond donors (Lipinski definition) is 1. The predicted molar refractivity (Wildman–Crippen MR) is 123 cm³/mol. The standard InChI is InChI=1S/C24H23ClN2O3S/c25-19-4-2-1-3-16(19)13-21-22(28)27(20-12-14-5-6-17(20)11-14)24(31-21)26-18-9-7-15(8-10-18)23(29)30/h1-4,7-10,14,17,20-21H,5-6,11-13H2,(H,29,30)/t14-,17-,20+,21+/m1/s1. The van der Waals surface area contributed by atoms with Crippen LogP contribution in [0.15, 0.2) is 53.5 Å². The Hall–Kier alpha value is -2.31. The van der Waals surface area contributed by atoms with Gasteiger partial charge in [-0.05, 0) is 73.4 Å². The fraction of sp³-hybridized carbons (Fsp3) is 0.375. The third kappa shape index (κ3) is 3.99. The molecule has 1 amide bonds. The number of carboxylic acid groups (broad SMARTS) is 1. The van der Waals surface area contributed by atoms with Gasteiger partial charge in [0.15, 0.2) is 5.17 Å². The number of rotatable bonds is 5. The summed E-state index contributed by atoms with van der Waals surface area (Å²) in [5.41, 5.74) is 1.85. The lowest BCUT2D eigenvalue weighted by molar-refractivity contribution is -0.128. The van der Waals surface area contributed by atoms with Crippen molar-refractivity contribution in [3.05, 3.63) is 64.7 Å². The van der Waals surface area contributed by atoms with E-state index < -0.39 is 5.97 Å². The highest BCUT2D eigenvalue weighted by Gasteiger charge is 2.49. The number of benzene rings is 2. The average molecular weight is 455 g/mol. The highest BCUT2D eigenvalue weighted by molar-refractivity contribution is 8.15. The summed E-state index contributed by atoms with van der Waals surface area (Å²) < 4.78 is 0. The molecule has 2 aromatic rings. The third-order valence-corrected chi connectivity index (χ3v) is 8.22. The van der Waals surface area contributed by atoms with Crippen LogP contribution in [-0.4, -0.2) is 38.3 Å². The number of carbonyl (C=O) groups excluding carboxylic acids is 1. The first kappa shape index (κ1) is 20.6. The molecule has 160 valence electrons. The Morgan fingerprint density at radius 1 is 1.13 bits per heavy atom. The number of amides is 1. The Kier molecular flexibility index (Phi) is 5.52. The molecule has 2 aromatic carbocycles. The molecule has 5 rings (SSSR count). The van der Waals surface area contributed by atoms with E-state index in [0.29, 0.717) is 29.0 Å². The van der Waals surface area contributed by atoms with Crippen molar-refractivity contribution in [1.29, 1.82) is 0 Å². The van der Waals surface area contributed by atoms with Gasteiger partial charge in [-0.1, -0.05) is 48.0 Å². The van der Waals surface area contributed by atoms with Crippen LogP contribution in [0.25, 0.3) is 0 Å². The molecule has 31 heavy (non-hydrogen) atoms. The molecule has 2 saturated carbocycles. The van der Waals surface area contributed by atoms with Gasteiger partial charge >= 0.3 is 5.97 Å². The van der Waals surface area contributed by atoms with Crippen LogP contribution >= 0.6 is 23.4 Å². The molecule has 5 nitrogen and oxygen atoms in total. The molecule has 1 N–H and O–H groups in total. The summed E-state index contributed by atoms with van der Waals surface area (Å²) >= 11 is 7.86. The van der Waals surface area contributed by atoms with E-state index in [2.05, 4.69) is 0 Å². The zero-order valence-electron chi connectivity index (χ0n) is 16.9. The molecule has 7 heteroatoms. The van der Waals surface area contributed by atoms with Gasteiger partial charge < -0.3 is 5.11 Å². The van der Waals surface area contributed by atoms with E-state index in [1.807, 2.05) is 29.2 Å². The van der Waals surface area contributed by atoms with Gasteiger partial charge in [0.05, 0.1) is 16.5 Å². The summed E-state index contributed by atoms with van der Waals surface area (Å²) in [6, 6.07) is 14.4. The van der Waals surface area contributed by atoms with Crippen molar-refractivity contribution in [3.8, 4) is 0 Å². The number of carbonyl (C=O) groups is 2. The second kappa shape index (κ2) is 8.32. The second-order valence-electron chi connectivity index (χ2n) is 8.60. The lowest BCUT2D eigenvalue weighted by Gasteiger charge is -2.31. The van der Waals surface area contributed by atoms with Crippen molar-refractivity contribution >= 4 is 46.1 Å². The van der Waals surface area contributed by atoms with E-state index >= 15 is 0 Å². The number of nitrogens with zero attached hydrogens (tertiary/aromatic N) is 2. The summed E-state index contributed by atoms with van der Waals surface area (Å²) in [6.45, 7) is 0. The first-order valence-corrected chi connectivity index (χ1v) is 11.9. The number of amidine groups is 1. The predicted octanol–water partition coefficient (Wildman–Crippen LogP) is 5.40. The lowest BCUT2D eigenvalue weighted by atomic mass is 9.94. The van der Waals surface area contributed by atoms with Crippen LogP contribution in [0.5, 0.6) is 0 Å². The largest absolute Gasteiger partial charge is 0.478 e. The Bertz CT molecular complexity index is 1060.